The summed E-state index contributed by atoms with van der Waals surface area (Å²) in [6, 6.07) is 10.7. The molecule has 0 aromatic heterocycles. The van der Waals surface area contributed by atoms with E-state index in [1.165, 1.54) is 18.4 Å². The Labute approximate surface area is 161 Å². The van der Waals surface area contributed by atoms with Gasteiger partial charge in [-0.05, 0) is 43.7 Å². The number of nitrogens with one attached hydrogen (secondary N) is 1. The van der Waals surface area contributed by atoms with E-state index in [-0.39, 0.29) is 18.5 Å². The van der Waals surface area contributed by atoms with Crippen LogP contribution in [0.5, 0.6) is 0 Å². The van der Waals surface area contributed by atoms with Crippen LogP contribution in [0.15, 0.2) is 30.3 Å². The van der Waals surface area contributed by atoms with E-state index in [1.54, 1.807) is 0 Å². The van der Waals surface area contributed by atoms with Crippen LogP contribution in [0.3, 0.4) is 0 Å². The van der Waals surface area contributed by atoms with Crippen molar-refractivity contribution in [2.45, 2.75) is 44.7 Å². The molecule has 6 heteroatoms. The minimum Gasteiger partial charge on any atom is -0.480 e. The third-order valence-electron chi connectivity index (χ3n) is 5.75. The van der Waals surface area contributed by atoms with Crippen LogP contribution >= 0.6 is 0 Å². The maximum Gasteiger partial charge on any atom is 0.317 e. The van der Waals surface area contributed by atoms with Crippen molar-refractivity contribution in [2.24, 2.45) is 5.92 Å². The number of carboxylic acid groups (broad SMARTS) is 1. The number of benzene rings is 1. The number of carboxylic acids is 1. The highest BCUT2D eigenvalue weighted by molar-refractivity contribution is 5.78. The second-order valence-electron chi connectivity index (χ2n) is 7.76. The van der Waals surface area contributed by atoms with Crippen molar-refractivity contribution < 1.29 is 14.7 Å². The molecule has 1 unspecified atom stereocenters. The predicted molar refractivity (Wildman–Crippen MR) is 104 cm³/mol. The van der Waals surface area contributed by atoms with Crippen molar-refractivity contribution in [3.05, 3.63) is 35.9 Å². The van der Waals surface area contributed by atoms with Gasteiger partial charge in [0.25, 0.3) is 0 Å². The van der Waals surface area contributed by atoms with Gasteiger partial charge in [0.2, 0.25) is 5.91 Å². The molecular weight excluding hydrogens is 342 g/mol. The van der Waals surface area contributed by atoms with Crippen LogP contribution in [-0.2, 0) is 9.59 Å². The summed E-state index contributed by atoms with van der Waals surface area (Å²) in [6.07, 6.45) is 4.20. The summed E-state index contributed by atoms with van der Waals surface area (Å²) in [6.45, 7) is 4.96. The topological polar surface area (TPSA) is 72.9 Å². The molecule has 1 atom stereocenters. The first-order chi connectivity index (χ1) is 13.1. The Hall–Kier alpha value is -1.92. The Morgan fingerprint density at radius 3 is 2.41 bits per heavy atom. The quantitative estimate of drug-likeness (QED) is 0.694. The van der Waals surface area contributed by atoms with Crippen LogP contribution in [-0.4, -0.2) is 65.5 Å². The number of likely N-dealkylation sites (N-methyl/N-ethyl adjacent to an activating group) is 1. The minimum absolute atomic E-state index is 0.0899. The lowest BCUT2D eigenvalue weighted by atomic mass is 10.0. The Balaban J connectivity index is 1.47. The first-order valence-electron chi connectivity index (χ1n) is 10.1. The summed E-state index contributed by atoms with van der Waals surface area (Å²) in [4.78, 5) is 27.8. The lowest BCUT2D eigenvalue weighted by Gasteiger charge is -2.37. The number of piperidine rings is 1. The van der Waals surface area contributed by atoms with E-state index < -0.39 is 5.97 Å². The van der Waals surface area contributed by atoms with Crippen LogP contribution in [0.25, 0.3) is 0 Å². The highest BCUT2D eigenvalue weighted by Crippen LogP contribution is 2.40. The van der Waals surface area contributed by atoms with Gasteiger partial charge in [0.05, 0.1) is 19.1 Å². The number of hydrogen-bond donors (Lipinski definition) is 2. The lowest BCUT2D eigenvalue weighted by molar-refractivity contribution is -0.139. The Kier molecular flexibility index (Phi) is 6.85. The van der Waals surface area contributed by atoms with Crippen LogP contribution in [0.1, 0.15) is 44.2 Å². The Bertz CT molecular complexity index is 625. The van der Waals surface area contributed by atoms with Crippen molar-refractivity contribution in [3.8, 4) is 0 Å². The molecule has 6 nitrogen and oxygen atoms in total. The number of rotatable bonds is 9. The summed E-state index contributed by atoms with van der Waals surface area (Å²) < 4.78 is 0. The minimum atomic E-state index is -0.773. The molecule has 0 radical (unpaired) electrons. The van der Waals surface area contributed by atoms with E-state index in [0.717, 1.165) is 32.5 Å². The van der Waals surface area contributed by atoms with Gasteiger partial charge in [0.1, 0.15) is 0 Å². The molecule has 148 valence electrons. The van der Waals surface area contributed by atoms with Crippen LogP contribution in [0.2, 0.25) is 0 Å². The van der Waals surface area contributed by atoms with E-state index in [4.69, 9.17) is 5.11 Å². The average Bonchev–Trinajstić information content (AvgIpc) is 3.50. The maximum atomic E-state index is 12.6. The van der Waals surface area contributed by atoms with E-state index in [0.29, 0.717) is 18.5 Å². The van der Waals surface area contributed by atoms with Crippen molar-refractivity contribution in [3.63, 3.8) is 0 Å². The van der Waals surface area contributed by atoms with Crippen LogP contribution < -0.4 is 5.32 Å². The van der Waals surface area contributed by atoms with Gasteiger partial charge in [0.15, 0.2) is 0 Å². The van der Waals surface area contributed by atoms with Crippen molar-refractivity contribution in [2.75, 3.05) is 32.7 Å². The molecule has 1 amide bonds. The van der Waals surface area contributed by atoms with Gasteiger partial charge in [-0.3, -0.25) is 19.4 Å². The highest BCUT2D eigenvalue weighted by atomic mass is 16.4. The zero-order valence-corrected chi connectivity index (χ0v) is 16.1. The zero-order chi connectivity index (χ0) is 19.2. The summed E-state index contributed by atoms with van der Waals surface area (Å²) in [7, 11) is 0. The summed E-state index contributed by atoms with van der Waals surface area (Å²) >= 11 is 0. The molecule has 1 saturated heterocycles. The molecule has 1 heterocycles. The largest absolute Gasteiger partial charge is 0.480 e. The van der Waals surface area contributed by atoms with Gasteiger partial charge in [0, 0.05) is 19.1 Å². The maximum absolute atomic E-state index is 12.6. The molecule has 1 aliphatic carbocycles. The first kappa shape index (κ1) is 19.8. The standard InChI is InChI=1S/C21H31N3O3/c1-2-24(15-20(26)27)18-10-12-23(13-11-18)14-19(25)22-21(17-8-9-17)16-6-4-3-5-7-16/h3-7,17-18,21H,2,8-15H2,1H3,(H,22,25)(H,26,27). The first-order valence-corrected chi connectivity index (χ1v) is 10.1. The number of hydrogen-bond acceptors (Lipinski definition) is 4. The molecule has 1 aromatic rings. The number of carbonyl (C=O) groups excluding carboxylic acids is 1. The van der Waals surface area contributed by atoms with Gasteiger partial charge in [-0.15, -0.1) is 0 Å². The zero-order valence-electron chi connectivity index (χ0n) is 16.1. The molecule has 0 spiro atoms. The van der Waals surface area contributed by atoms with Crippen molar-refractivity contribution >= 4 is 11.9 Å². The van der Waals surface area contributed by atoms with Crippen molar-refractivity contribution in [1.82, 2.24) is 15.1 Å². The summed E-state index contributed by atoms with van der Waals surface area (Å²) in [5.41, 5.74) is 1.19. The molecule has 1 saturated carbocycles. The molecular formula is C21H31N3O3. The third kappa shape index (κ3) is 5.78. The predicted octanol–water partition coefficient (Wildman–Crippen LogP) is 2.12. The number of carbonyl (C=O) groups is 2. The average molecular weight is 373 g/mol. The molecule has 0 bridgehead atoms. The monoisotopic (exact) mass is 373 g/mol. The Morgan fingerprint density at radius 1 is 1.19 bits per heavy atom. The number of aliphatic carboxylic acids is 1. The second-order valence-corrected chi connectivity index (χ2v) is 7.76. The summed E-state index contributed by atoms with van der Waals surface area (Å²) in [5.74, 6) is -0.117. The number of amides is 1. The van der Waals surface area contributed by atoms with E-state index in [1.807, 2.05) is 30.0 Å². The number of likely N-dealkylation sites (tertiary alicyclic amines) is 1. The Morgan fingerprint density at radius 2 is 1.85 bits per heavy atom. The van der Waals surface area contributed by atoms with E-state index >= 15 is 0 Å². The highest BCUT2D eigenvalue weighted by Gasteiger charge is 2.34. The van der Waals surface area contributed by atoms with E-state index in [9.17, 15) is 9.59 Å². The SMILES string of the molecule is CCN(CC(=O)O)C1CCN(CC(=O)NC(c2ccccc2)C2CC2)CC1. The fraction of sp³-hybridized carbons (Fsp3) is 0.619. The van der Waals surface area contributed by atoms with Gasteiger partial charge in [-0.2, -0.15) is 0 Å². The third-order valence-corrected chi connectivity index (χ3v) is 5.75. The van der Waals surface area contributed by atoms with Gasteiger partial charge in [-0.1, -0.05) is 37.3 Å². The fourth-order valence-electron chi connectivity index (χ4n) is 4.10. The molecule has 3 rings (SSSR count). The molecule has 1 aliphatic heterocycles. The summed E-state index contributed by atoms with van der Waals surface area (Å²) in [5, 5.41) is 12.3. The lowest BCUT2D eigenvalue weighted by Crippen LogP contribution is -2.49. The molecule has 2 N–H and O–H groups in total. The smallest absolute Gasteiger partial charge is 0.317 e. The number of nitrogens with zero attached hydrogens (tertiary/aromatic N) is 2. The van der Waals surface area contributed by atoms with Crippen LogP contribution in [0.4, 0.5) is 0 Å². The van der Waals surface area contributed by atoms with Gasteiger partial charge >= 0.3 is 5.97 Å². The molecule has 1 aromatic carbocycles. The second kappa shape index (κ2) is 9.33. The van der Waals surface area contributed by atoms with E-state index in [2.05, 4.69) is 22.3 Å². The normalized spacial score (nSPS) is 19.8. The molecule has 2 aliphatic rings. The van der Waals surface area contributed by atoms with Crippen LogP contribution in [0, 0.1) is 5.92 Å². The van der Waals surface area contributed by atoms with Gasteiger partial charge in [-0.25, -0.2) is 0 Å². The van der Waals surface area contributed by atoms with Gasteiger partial charge < -0.3 is 10.4 Å². The molecule has 2 fully saturated rings. The fourth-order valence-corrected chi connectivity index (χ4v) is 4.10. The molecule has 27 heavy (non-hydrogen) atoms. The van der Waals surface area contributed by atoms with Crippen molar-refractivity contribution in [1.29, 1.82) is 0 Å².